The Bertz CT molecular complexity index is 407. The van der Waals surface area contributed by atoms with Crippen molar-refractivity contribution in [2.24, 2.45) is 11.8 Å². The van der Waals surface area contributed by atoms with Crippen molar-refractivity contribution in [3.8, 4) is 0 Å². The zero-order valence-electron chi connectivity index (χ0n) is 9.86. The summed E-state index contributed by atoms with van der Waals surface area (Å²) in [6.07, 6.45) is 2.40. The number of hydrogen-bond donors (Lipinski definition) is 1. The van der Waals surface area contributed by atoms with Crippen LogP contribution < -0.4 is 0 Å². The lowest BCUT2D eigenvalue weighted by Gasteiger charge is -2.12. The summed E-state index contributed by atoms with van der Waals surface area (Å²) in [7, 11) is 0. The van der Waals surface area contributed by atoms with Gasteiger partial charge in [-0.2, -0.15) is 0 Å². The molecule has 0 saturated carbocycles. The molecule has 0 fully saturated rings. The molecule has 1 N–H and O–H groups in total. The number of fused-ring (bicyclic) bond motifs is 1. The maximum absolute atomic E-state index is 10.6. The minimum absolute atomic E-state index is 0.139. The molecule has 86 valence electrons. The van der Waals surface area contributed by atoms with Crippen LogP contribution in [0.15, 0.2) is 18.2 Å². The number of hydrogen-bond acceptors (Lipinski definition) is 1. The van der Waals surface area contributed by atoms with E-state index in [2.05, 4.69) is 26.0 Å². The van der Waals surface area contributed by atoms with E-state index >= 15 is 0 Å². The molecule has 1 atom stereocenters. The summed E-state index contributed by atoms with van der Waals surface area (Å²) in [4.78, 5) is 10.6. The Hall–Kier alpha value is -1.31. The normalized spacial score (nSPS) is 18.8. The number of carbonyl (C=O) groups is 1. The Kier molecular flexibility index (Phi) is 2.99. The SMILES string of the molecule is CC(C)[C@@H]1Cc2ccc(CC(=O)O)cc2C1. The smallest absolute Gasteiger partial charge is 0.307 e. The molecule has 1 aromatic rings. The highest BCUT2D eigenvalue weighted by Gasteiger charge is 2.23. The van der Waals surface area contributed by atoms with E-state index in [0.717, 1.165) is 24.3 Å². The zero-order valence-corrected chi connectivity index (χ0v) is 9.86. The van der Waals surface area contributed by atoms with E-state index in [1.165, 1.54) is 11.1 Å². The van der Waals surface area contributed by atoms with Gasteiger partial charge >= 0.3 is 5.97 Å². The molecule has 2 nitrogen and oxygen atoms in total. The molecule has 1 aliphatic rings. The molecule has 2 heteroatoms. The quantitative estimate of drug-likeness (QED) is 0.847. The summed E-state index contributed by atoms with van der Waals surface area (Å²) in [5, 5.41) is 8.76. The van der Waals surface area contributed by atoms with Gasteiger partial charge in [0.1, 0.15) is 0 Å². The van der Waals surface area contributed by atoms with Crippen molar-refractivity contribution < 1.29 is 9.90 Å². The maximum Gasteiger partial charge on any atom is 0.307 e. The summed E-state index contributed by atoms with van der Waals surface area (Å²) < 4.78 is 0. The van der Waals surface area contributed by atoms with Gasteiger partial charge in [-0.1, -0.05) is 32.0 Å². The van der Waals surface area contributed by atoms with E-state index in [0.29, 0.717) is 5.92 Å². The highest BCUT2D eigenvalue weighted by atomic mass is 16.4. The average Bonchev–Trinajstić information content (AvgIpc) is 2.59. The van der Waals surface area contributed by atoms with Gasteiger partial charge in [-0.25, -0.2) is 0 Å². The second-order valence-corrected chi connectivity index (χ2v) is 5.09. The van der Waals surface area contributed by atoms with E-state index in [9.17, 15) is 4.79 Å². The molecule has 0 unspecified atom stereocenters. The van der Waals surface area contributed by atoms with E-state index in [-0.39, 0.29) is 6.42 Å². The zero-order chi connectivity index (χ0) is 11.7. The molecule has 0 bridgehead atoms. The van der Waals surface area contributed by atoms with E-state index in [1.54, 1.807) is 0 Å². The lowest BCUT2D eigenvalue weighted by molar-refractivity contribution is -0.136. The number of aliphatic carboxylic acids is 1. The lowest BCUT2D eigenvalue weighted by atomic mass is 9.93. The Morgan fingerprint density at radius 2 is 2.06 bits per heavy atom. The maximum atomic E-state index is 10.6. The molecule has 1 aliphatic carbocycles. The highest BCUT2D eigenvalue weighted by Crippen LogP contribution is 2.31. The Morgan fingerprint density at radius 3 is 2.69 bits per heavy atom. The number of benzene rings is 1. The van der Waals surface area contributed by atoms with Crippen LogP contribution in [0.25, 0.3) is 0 Å². The van der Waals surface area contributed by atoms with E-state index in [1.807, 2.05) is 6.07 Å². The highest BCUT2D eigenvalue weighted by molar-refractivity contribution is 5.70. The first kappa shape index (κ1) is 11.2. The fourth-order valence-corrected chi connectivity index (χ4v) is 2.46. The van der Waals surface area contributed by atoms with Crippen molar-refractivity contribution in [2.75, 3.05) is 0 Å². The van der Waals surface area contributed by atoms with Crippen molar-refractivity contribution in [1.82, 2.24) is 0 Å². The molecule has 1 aromatic carbocycles. The van der Waals surface area contributed by atoms with Crippen molar-refractivity contribution in [3.05, 3.63) is 34.9 Å². The molecule has 2 rings (SSSR count). The molecular weight excluding hydrogens is 200 g/mol. The van der Waals surface area contributed by atoms with Crippen LogP contribution in [0.2, 0.25) is 0 Å². The topological polar surface area (TPSA) is 37.3 Å². The van der Waals surface area contributed by atoms with Crippen LogP contribution in [0.3, 0.4) is 0 Å². The van der Waals surface area contributed by atoms with E-state index < -0.39 is 5.97 Å². The fraction of sp³-hybridized carbons (Fsp3) is 0.500. The Morgan fingerprint density at radius 1 is 1.38 bits per heavy atom. The molecule has 0 heterocycles. The summed E-state index contributed by atoms with van der Waals surface area (Å²) >= 11 is 0. The van der Waals surface area contributed by atoms with Crippen LogP contribution >= 0.6 is 0 Å². The van der Waals surface area contributed by atoms with Gasteiger partial charge in [0.05, 0.1) is 6.42 Å². The van der Waals surface area contributed by atoms with Gasteiger partial charge in [-0.05, 0) is 41.4 Å². The van der Waals surface area contributed by atoms with Gasteiger partial charge in [0, 0.05) is 0 Å². The first-order chi connectivity index (χ1) is 7.56. The first-order valence-corrected chi connectivity index (χ1v) is 5.88. The minimum Gasteiger partial charge on any atom is -0.481 e. The van der Waals surface area contributed by atoms with Gasteiger partial charge in [0.25, 0.3) is 0 Å². The van der Waals surface area contributed by atoms with Crippen LogP contribution in [0.4, 0.5) is 0 Å². The van der Waals surface area contributed by atoms with Crippen LogP contribution in [0.1, 0.15) is 30.5 Å². The molecule has 16 heavy (non-hydrogen) atoms. The first-order valence-electron chi connectivity index (χ1n) is 5.88. The molecule has 0 aliphatic heterocycles. The van der Waals surface area contributed by atoms with Crippen LogP contribution in [0, 0.1) is 11.8 Å². The van der Waals surface area contributed by atoms with E-state index in [4.69, 9.17) is 5.11 Å². The largest absolute Gasteiger partial charge is 0.481 e. The molecule has 0 spiro atoms. The molecule has 0 amide bonds. The van der Waals surface area contributed by atoms with Gasteiger partial charge in [0.2, 0.25) is 0 Å². The summed E-state index contributed by atoms with van der Waals surface area (Å²) in [5.41, 5.74) is 3.70. The van der Waals surface area contributed by atoms with Crippen molar-refractivity contribution in [1.29, 1.82) is 0 Å². The Balaban J connectivity index is 2.17. The third kappa shape index (κ3) is 2.26. The van der Waals surface area contributed by atoms with Gasteiger partial charge in [-0.15, -0.1) is 0 Å². The van der Waals surface area contributed by atoms with Crippen LogP contribution in [-0.4, -0.2) is 11.1 Å². The molecular formula is C14H18O2. The summed E-state index contributed by atoms with van der Waals surface area (Å²) in [6.45, 7) is 4.52. The average molecular weight is 218 g/mol. The molecule has 0 saturated heterocycles. The minimum atomic E-state index is -0.752. The van der Waals surface area contributed by atoms with Crippen LogP contribution in [0.5, 0.6) is 0 Å². The Labute approximate surface area is 96.3 Å². The van der Waals surface area contributed by atoms with Crippen molar-refractivity contribution in [2.45, 2.75) is 33.1 Å². The van der Waals surface area contributed by atoms with Gasteiger partial charge < -0.3 is 5.11 Å². The standard InChI is InChI=1S/C14H18O2/c1-9(2)12-7-11-4-3-10(6-14(15)16)5-13(11)8-12/h3-5,9,12H,6-8H2,1-2H3,(H,15,16)/t12-/m1/s1. The summed E-state index contributed by atoms with van der Waals surface area (Å²) in [5.74, 6) is 0.684. The second kappa shape index (κ2) is 4.28. The summed E-state index contributed by atoms with van der Waals surface area (Å²) in [6, 6.07) is 6.14. The predicted molar refractivity (Wildman–Crippen MR) is 63.5 cm³/mol. The van der Waals surface area contributed by atoms with Gasteiger partial charge in [0.15, 0.2) is 0 Å². The second-order valence-electron chi connectivity index (χ2n) is 5.09. The lowest BCUT2D eigenvalue weighted by Crippen LogP contribution is -2.07. The monoisotopic (exact) mass is 218 g/mol. The number of rotatable bonds is 3. The predicted octanol–water partition coefficient (Wildman–Crippen LogP) is 2.68. The fourth-order valence-electron chi connectivity index (χ4n) is 2.46. The third-order valence-electron chi connectivity index (χ3n) is 3.53. The van der Waals surface area contributed by atoms with Crippen molar-refractivity contribution in [3.63, 3.8) is 0 Å². The number of carboxylic acid groups (broad SMARTS) is 1. The van der Waals surface area contributed by atoms with Crippen molar-refractivity contribution >= 4 is 5.97 Å². The molecule has 0 radical (unpaired) electrons. The molecule has 0 aromatic heterocycles. The van der Waals surface area contributed by atoms with Crippen LogP contribution in [-0.2, 0) is 24.1 Å². The van der Waals surface area contributed by atoms with Gasteiger partial charge in [-0.3, -0.25) is 4.79 Å². The number of carboxylic acids is 1. The third-order valence-corrected chi connectivity index (χ3v) is 3.53.